The van der Waals surface area contributed by atoms with Crippen LogP contribution in [0, 0.1) is 5.82 Å². The zero-order valence-corrected chi connectivity index (χ0v) is 14.9. The molecule has 3 rings (SSSR count). The van der Waals surface area contributed by atoms with Gasteiger partial charge in [0.1, 0.15) is 16.4 Å². The van der Waals surface area contributed by atoms with Gasteiger partial charge in [0.05, 0.1) is 6.20 Å². The Hall–Kier alpha value is -1.88. The monoisotopic (exact) mass is 343 g/mol. The Kier molecular flexibility index (Phi) is 5.51. The van der Waals surface area contributed by atoms with Crippen molar-refractivity contribution in [3.05, 3.63) is 53.6 Å². The third-order valence-electron chi connectivity index (χ3n) is 4.16. The molecule has 0 fully saturated rings. The molecule has 5 heteroatoms. The quantitative estimate of drug-likeness (QED) is 0.443. The van der Waals surface area contributed by atoms with Crippen molar-refractivity contribution >= 4 is 22.9 Å². The molecule has 126 valence electrons. The third kappa shape index (κ3) is 3.78. The van der Waals surface area contributed by atoms with Gasteiger partial charge in [0.15, 0.2) is 5.65 Å². The molecule has 0 amide bonds. The Morgan fingerprint density at radius 3 is 2.67 bits per heavy atom. The maximum Gasteiger partial charge on any atom is 0.159 e. The molecular formula is C19H22FN3S. The molecule has 0 bridgehead atoms. The molecule has 0 saturated heterocycles. The van der Waals surface area contributed by atoms with Crippen LogP contribution in [0.3, 0.4) is 0 Å². The molecule has 3 nitrogen and oxygen atoms in total. The first-order valence-corrected chi connectivity index (χ1v) is 9.57. The number of rotatable bonds is 7. The molecule has 0 aliphatic heterocycles. The number of thioether (sulfide) groups is 1. The minimum Gasteiger partial charge on any atom is -0.324 e. The fourth-order valence-electron chi connectivity index (χ4n) is 2.87. The zero-order valence-electron chi connectivity index (χ0n) is 14.1. The van der Waals surface area contributed by atoms with E-state index in [1.807, 2.05) is 24.6 Å². The van der Waals surface area contributed by atoms with Gasteiger partial charge in [-0.1, -0.05) is 31.9 Å². The van der Waals surface area contributed by atoms with Crippen molar-refractivity contribution in [3.8, 4) is 0 Å². The van der Waals surface area contributed by atoms with E-state index in [-0.39, 0.29) is 5.82 Å². The summed E-state index contributed by atoms with van der Waals surface area (Å²) in [4.78, 5) is 9.30. The first-order chi connectivity index (χ1) is 11.7. The van der Waals surface area contributed by atoms with Crippen LogP contribution in [0.15, 0.2) is 41.6 Å². The largest absolute Gasteiger partial charge is 0.324 e. The average molecular weight is 343 g/mol. The zero-order chi connectivity index (χ0) is 16.9. The van der Waals surface area contributed by atoms with Gasteiger partial charge < -0.3 is 4.57 Å². The van der Waals surface area contributed by atoms with Gasteiger partial charge in [-0.3, -0.25) is 0 Å². The standard InChI is InChI=1S/C19H22FN3S/c1-3-4-5-6-16-11-17-19(21-12-18(22-17)24-2)23(16)13-14-7-9-15(20)10-8-14/h7-12H,3-6,13H2,1-2H3. The van der Waals surface area contributed by atoms with E-state index in [1.54, 1.807) is 11.8 Å². The second-order valence-electron chi connectivity index (χ2n) is 5.93. The summed E-state index contributed by atoms with van der Waals surface area (Å²) in [5.41, 5.74) is 4.17. The maximum absolute atomic E-state index is 13.2. The molecule has 0 spiro atoms. The lowest BCUT2D eigenvalue weighted by Gasteiger charge is -2.10. The number of hydrogen-bond donors (Lipinski definition) is 0. The fourth-order valence-corrected chi connectivity index (χ4v) is 3.21. The van der Waals surface area contributed by atoms with Crippen LogP contribution in [0.5, 0.6) is 0 Å². The number of hydrogen-bond acceptors (Lipinski definition) is 3. The van der Waals surface area contributed by atoms with Gasteiger partial charge >= 0.3 is 0 Å². The van der Waals surface area contributed by atoms with Crippen LogP contribution < -0.4 is 0 Å². The summed E-state index contributed by atoms with van der Waals surface area (Å²) in [6.45, 7) is 2.90. The minimum absolute atomic E-state index is 0.205. The van der Waals surface area contributed by atoms with Crippen LogP contribution in [0.2, 0.25) is 0 Å². The van der Waals surface area contributed by atoms with Crippen molar-refractivity contribution in [2.45, 2.75) is 44.2 Å². The maximum atomic E-state index is 13.2. The molecule has 0 aliphatic rings. The number of aromatic nitrogens is 3. The summed E-state index contributed by atoms with van der Waals surface area (Å²) in [6.07, 6.45) is 8.42. The van der Waals surface area contributed by atoms with Crippen LogP contribution >= 0.6 is 11.8 Å². The highest BCUT2D eigenvalue weighted by molar-refractivity contribution is 7.98. The van der Waals surface area contributed by atoms with E-state index >= 15 is 0 Å². The Morgan fingerprint density at radius 2 is 1.96 bits per heavy atom. The van der Waals surface area contributed by atoms with Crippen molar-refractivity contribution in [1.29, 1.82) is 0 Å². The van der Waals surface area contributed by atoms with Gasteiger partial charge in [0, 0.05) is 12.2 Å². The van der Waals surface area contributed by atoms with Crippen molar-refractivity contribution in [3.63, 3.8) is 0 Å². The summed E-state index contributed by atoms with van der Waals surface area (Å²) in [5.74, 6) is -0.205. The van der Waals surface area contributed by atoms with Gasteiger partial charge in [0.2, 0.25) is 0 Å². The van der Waals surface area contributed by atoms with Gasteiger partial charge in [-0.25, -0.2) is 14.4 Å². The Labute approximate surface area is 146 Å². The lowest BCUT2D eigenvalue weighted by atomic mass is 10.1. The number of fused-ring (bicyclic) bond motifs is 1. The first kappa shape index (κ1) is 17.0. The molecule has 2 heterocycles. The summed E-state index contributed by atoms with van der Waals surface area (Å²) < 4.78 is 15.4. The highest BCUT2D eigenvalue weighted by atomic mass is 32.2. The Balaban J connectivity index is 1.97. The third-order valence-corrected chi connectivity index (χ3v) is 4.78. The van der Waals surface area contributed by atoms with Crippen LogP contribution in [-0.2, 0) is 13.0 Å². The smallest absolute Gasteiger partial charge is 0.159 e. The minimum atomic E-state index is -0.205. The molecule has 0 radical (unpaired) electrons. The van der Waals surface area contributed by atoms with E-state index in [9.17, 15) is 4.39 Å². The van der Waals surface area contributed by atoms with E-state index in [4.69, 9.17) is 0 Å². The molecule has 0 atom stereocenters. The van der Waals surface area contributed by atoms with E-state index in [2.05, 4.69) is 27.5 Å². The molecule has 0 saturated carbocycles. The molecule has 24 heavy (non-hydrogen) atoms. The normalized spacial score (nSPS) is 11.3. The van der Waals surface area contributed by atoms with Crippen molar-refractivity contribution < 1.29 is 4.39 Å². The van der Waals surface area contributed by atoms with E-state index in [0.29, 0.717) is 6.54 Å². The summed E-state index contributed by atoms with van der Waals surface area (Å²) in [6, 6.07) is 8.84. The number of aryl methyl sites for hydroxylation is 1. The van der Waals surface area contributed by atoms with Gasteiger partial charge in [-0.15, -0.1) is 11.8 Å². The Bertz CT molecular complexity index is 811. The van der Waals surface area contributed by atoms with Gasteiger partial charge in [-0.2, -0.15) is 0 Å². The molecule has 3 aromatic rings. The van der Waals surface area contributed by atoms with Crippen molar-refractivity contribution in [2.24, 2.45) is 0 Å². The summed E-state index contributed by atoms with van der Waals surface area (Å²) in [7, 11) is 0. The average Bonchev–Trinajstić information content (AvgIpc) is 2.94. The molecular weight excluding hydrogens is 321 g/mol. The lowest BCUT2D eigenvalue weighted by Crippen LogP contribution is -2.05. The number of unbranched alkanes of at least 4 members (excludes halogenated alkanes) is 2. The molecule has 0 aliphatic carbocycles. The fraction of sp³-hybridized carbons (Fsp3) is 0.368. The predicted molar refractivity (Wildman–Crippen MR) is 98.0 cm³/mol. The van der Waals surface area contributed by atoms with E-state index < -0.39 is 0 Å². The summed E-state index contributed by atoms with van der Waals surface area (Å²) in [5, 5.41) is 0.932. The van der Waals surface area contributed by atoms with E-state index in [1.165, 1.54) is 30.7 Å². The van der Waals surface area contributed by atoms with Gasteiger partial charge in [0.25, 0.3) is 0 Å². The van der Waals surface area contributed by atoms with Crippen LogP contribution in [0.25, 0.3) is 11.2 Å². The number of nitrogens with zero attached hydrogens (tertiary/aromatic N) is 3. The van der Waals surface area contributed by atoms with Crippen molar-refractivity contribution in [1.82, 2.24) is 14.5 Å². The first-order valence-electron chi connectivity index (χ1n) is 8.35. The van der Waals surface area contributed by atoms with E-state index in [0.717, 1.165) is 34.6 Å². The second-order valence-corrected chi connectivity index (χ2v) is 6.75. The number of halogens is 1. The van der Waals surface area contributed by atoms with Gasteiger partial charge in [-0.05, 0) is 42.9 Å². The van der Waals surface area contributed by atoms with Crippen molar-refractivity contribution in [2.75, 3.05) is 6.26 Å². The molecule has 1 aromatic carbocycles. The predicted octanol–water partition coefficient (Wildman–Crippen LogP) is 5.07. The van der Waals surface area contributed by atoms with Crippen LogP contribution in [0.4, 0.5) is 4.39 Å². The summed E-state index contributed by atoms with van der Waals surface area (Å²) >= 11 is 1.60. The second kappa shape index (κ2) is 7.79. The highest BCUT2D eigenvalue weighted by Crippen LogP contribution is 2.22. The lowest BCUT2D eigenvalue weighted by molar-refractivity contribution is 0.625. The van der Waals surface area contributed by atoms with Crippen LogP contribution in [-0.4, -0.2) is 20.8 Å². The molecule has 0 unspecified atom stereocenters. The number of benzene rings is 1. The Morgan fingerprint density at radius 1 is 1.17 bits per heavy atom. The highest BCUT2D eigenvalue weighted by Gasteiger charge is 2.12. The van der Waals surface area contributed by atoms with Crippen LogP contribution in [0.1, 0.15) is 37.4 Å². The molecule has 2 aromatic heterocycles. The molecule has 0 N–H and O–H groups in total. The SMILES string of the molecule is CCCCCc1cc2nc(SC)cnc2n1Cc1ccc(F)cc1. The topological polar surface area (TPSA) is 30.7 Å².